The summed E-state index contributed by atoms with van der Waals surface area (Å²) in [6, 6.07) is 0. The monoisotopic (exact) mass is 370 g/mol. The highest BCUT2D eigenvalue weighted by Gasteiger charge is 2.52. The normalized spacial score (nSPS) is 57.2. The van der Waals surface area contributed by atoms with Gasteiger partial charge in [-0.05, 0) is 61.2 Å². The van der Waals surface area contributed by atoms with Gasteiger partial charge in [-0.1, -0.05) is 56.2 Å². The Labute approximate surface area is 127 Å². The molecule has 0 aromatic carbocycles. The molecule has 8 atom stereocenters. The second-order valence-corrected chi connectivity index (χ2v) is 8.74. The third-order valence-electron chi connectivity index (χ3n) is 5.99. The van der Waals surface area contributed by atoms with Crippen molar-refractivity contribution < 1.29 is 0 Å². The van der Waals surface area contributed by atoms with Crippen LogP contribution in [0.5, 0.6) is 0 Å². The molecule has 8 unspecified atom stereocenters. The maximum Gasteiger partial charge on any atom is 0.0356 e. The van der Waals surface area contributed by atoms with Gasteiger partial charge >= 0.3 is 0 Å². The second-order valence-electron chi connectivity index (χ2n) is 6.62. The third kappa shape index (κ3) is 1.67. The number of hydrogen-bond acceptors (Lipinski definition) is 0. The first kappa shape index (κ1) is 12.2. The second kappa shape index (κ2) is 4.48. The summed E-state index contributed by atoms with van der Waals surface area (Å²) in [6.07, 6.45) is 15.6. The van der Waals surface area contributed by atoms with E-state index in [-0.39, 0.29) is 0 Å². The summed E-state index contributed by atoms with van der Waals surface area (Å²) >= 11 is 7.83. The minimum Gasteiger partial charge on any atom is -0.0842 e. The van der Waals surface area contributed by atoms with Crippen molar-refractivity contribution in [3.8, 4) is 0 Å². The Kier molecular flexibility index (Phi) is 3.04. The van der Waals surface area contributed by atoms with Crippen LogP contribution in [-0.2, 0) is 0 Å². The molecule has 18 heavy (non-hydrogen) atoms. The molecule has 0 spiro atoms. The van der Waals surface area contributed by atoms with E-state index >= 15 is 0 Å². The quantitative estimate of drug-likeness (QED) is 0.418. The number of halogens is 2. The van der Waals surface area contributed by atoms with Gasteiger partial charge in [0, 0.05) is 9.65 Å². The molecular weight excluding hydrogens is 352 g/mol. The van der Waals surface area contributed by atoms with Gasteiger partial charge in [-0.15, -0.1) is 0 Å². The van der Waals surface area contributed by atoms with E-state index in [1.165, 1.54) is 25.7 Å². The summed E-state index contributed by atoms with van der Waals surface area (Å²) < 4.78 is 0. The van der Waals surface area contributed by atoms with Crippen LogP contribution in [0, 0.1) is 35.5 Å². The van der Waals surface area contributed by atoms with E-state index in [0.717, 1.165) is 35.5 Å². The molecule has 0 aromatic rings. The Bertz CT molecular complexity index is 362. The Hall–Kier alpha value is 0.440. The lowest BCUT2D eigenvalue weighted by Crippen LogP contribution is -2.51. The molecule has 0 aliphatic heterocycles. The summed E-state index contributed by atoms with van der Waals surface area (Å²) in [7, 11) is 0. The predicted molar refractivity (Wildman–Crippen MR) is 83.1 cm³/mol. The van der Waals surface area contributed by atoms with Gasteiger partial charge in [-0.25, -0.2) is 0 Å². The Balaban J connectivity index is 1.76. The van der Waals surface area contributed by atoms with Crippen molar-refractivity contribution in [1.29, 1.82) is 0 Å². The molecule has 0 aromatic heterocycles. The van der Waals surface area contributed by atoms with Crippen molar-refractivity contribution >= 4 is 31.9 Å². The lowest BCUT2D eigenvalue weighted by molar-refractivity contribution is -0.00643. The van der Waals surface area contributed by atoms with Crippen LogP contribution in [0.2, 0.25) is 0 Å². The molecule has 0 bridgehead atoms. The van der Waals surface area contributed by atoms with Gasteiger partial charge in [0.1, 0.15) is 0 Å². The fraction of sp³-hybridized carbons (Fsp3) is 0.750. The van der Waals surface area contributed by atoms with Gasteiger partial charge in [0.05, 0.1) is 0 Å². The number of allylic oxidation sites excluding steroid dienone is 4. The maximum atomic E-state index is 3.92. The Morgan fingerprint density at radius 2 is 1.06 bits per heavy atom. The average Bonchev–Trinajstić information content (AvgIpc) is 2.40. The SMILES string of the molecule is BrC1C=CC2CCC3C(Br)C=CC4CCC1C2C43. The standard InChI is InChI=1S/C16H20Br2/c17-13-8-4-10-2-6-12-14(18)7-3-9-1-5-11(13)16(10)15(9)12/h3-4,7-16H,1-2,5-6H2. The lowest BCUT2D eigenvalue weighted by Gasteiger charge is -2.56. The Morgan fingerprint density at radius 3 is 1.50 bits per heavy atom. The minimum absolute atomic E-state index is 0.637. The minimum atomic E-state index is 0.637. The first-order valence-corrected chi connectivity index (χ1v) is 9.23. The zero-order chi connectivity index (χ0) is 12.3. The summed E-state index contributed by atoms with van der Waals surface area (Å²) in [5.74, 6) is 5.44. The molecule has 4 rings (SSSR count). The first-order chi connectivity index (χ1) is 8.75. The zero-order valence-electron chi connectivity index (χ0n) is 10.5. The van der Waals surface area contributed by atoms with Crippen molar-refractivity contribution in [2.75, 3.05) is 0 Å². The molecule has 0 nitrogen and oxygen atoms in total. The molecule has 2 fully saturated rings. The molecule has 4 aliphatic carbocycles. The molecule has 4 aliphatic rings. The smallest absolute Gasteiger partial charge is 0.0356 e. The zero-order valence-corrected chi connectivity index (χ0v) is 13.7. The van der Waals surface area contributed by atoms with Crippen LogP contribution in [0.1, 0.15) is 25.7 Å². The molecule has 0 amide bonds. The van der Waals surface area contributed by atoms with Crippen LogP contribution < -0.4 is 0 Å². The molecule has 0 N–H and O–H groups in total. The third-order valence-corrected chi connectivity index (χ3v) is 7.96. The average molecular weight is 372 g/mol. The van der Waals surface area contributed by atoms with Gasteiger partial charge in [-0.2, -0.15) is 0 Å². The largest absolute Gasteiger partial charge is 0.0842 e. The maximum absolute atomic E-state index is 3.92. The van der Waals surface area contributed by atoms with Gasteiger partial charge in [0.25, 0.3) is 0 Å². The highest BCUT2D eigenvalue weighted by molar-refractivity contribution is 9.09. The predicted octanol–water partition coefficient (Wildman–Crippen LogP) is 4.94. The topological polar surface area (TPSA) is 0 Å². The molecule has 2 saturated carbocycles. The first-order valence-electron chi connectivity index (χ1n) is 7.40. The van der Waals surface area contributed by atoms with Crippen LogP contribution in [0.25, 0.3) is 0 Å². The van der Waals surface area contributed by atoms with Crippen molar-refractivity contribution in [2.24, 2.45) is 35.5 Å². The Morgan fingerprint density at radius 1 is 0.611 bits per heavy atom. The van der Waals surface area contributed by atoms with Crippen molar-refractivity contribution in [2.45, 2.75) is 35.3 Å². The highest BCUT2D eigenvalue weighted by atomic mass is 79.9. The van der Waals surface area contributed by atoms with Crippen LogP contribution in [-0.4, -0.2) is 9.65 Å². The van der Waals surface area contributed by atoms with Crippen LogP contribution in [0.4, 0.5) is 0 Å². The molecule has 2 heteroatoms. The van der Waals surface area contributed by atoms with E-state index < -0.39 is 0 Å². The molecule has 0 heterocycles. The summed E-state index contributed by atoms with van der Waals surface area (Å²) in [5, 5.41) is 0. The molecule has 98 valence electrons. The fourth-order valence-electron chi connectivity index (χ4n) is 5.29. The molecule has 0 saturated heterocycles. The molecule has 0 radical (unpaired) electrons. The fourth-order valence-corrected chi connectivity index (χ4v) is 6.88. The van der Waals surface area contributed by atoms with E-state index in [1.807, 2.05) is 0 Å². The van der Waals surface area contributed by atoms with Gasteiger partial charge in [0.15, 0.2) is 0 Å². The van der Waals surface area contributed by atoms with Crippen molar-refractivity contribution in [3.05, 3.63) is 24.3 Å². The van der Waals surface area contributed by atoms with Crippen molar-refractivity contribution in [1.82, 2.24) is 0 Å². The van der Waals surface area contributed by atoms with Gasteiger partial charge < -0.3 is 0 Å². The van der Waals surface area contributed by atoms with E-state index in [9.17, 15) is 0 Å². The number of hydrogen-bond donors (Lipinski definition) is 0. The van der Waals surface area contributed by atoms with Crippen LogP contribution in [0.15, 0.2) is 24.3 Å². The highest BCUT2D eigenvalue weighted by Crippen LogP contribution is 2.58. The van der Waals surface area contributed by atoms with E-state index in [0.29, 0.717) is 9.65 Å². The number of rotatable bonds is 0. The summed E-state index contributed by atoms with van der Waals surface area (Å²) in [4.78, 5) is 1.27. The van der Waals surface area contributed by atoms with E-state index in [1.54, 1.807) is 0 Å². The van der Waals surface area contributed by atoms with Crippen LogP contribution >= 0.6 is 31.9 Å². The van der Waals surface area contributed by atoms with Crippen molar-refractivity contribution in [3.63, 3.8) is 0 Å². The van der Waals surface area contributed by atoms with Crippen LogP contribution in [0.3, 0.4) is 0 Å². The molecular formula is C16H20Br2. The summed E-state index contributed by atoms with van der Waals surface area (Å²) in [6.45, 7) is 0. The van der Waals surface area contributed by atoms with Gasteiger partial charge in [0.2, 0.25) is 0 Å². The summed E-state index contributed by atoms with van der Waals surface area (Å²) in [5.41, 5.74) is 0. The number of alkyl halides is 2. The van der Waals surface area contributed by atoms with E-state index in [2.05, 4.69) is 56.2 Å². The lowest BCUT2D eigenvalue weighted by atomic mass is 9.50. The van der Waals surface area contributed by atoms with E-state index in [4.69, 9.17) is 0 Å². The van der Waals surface area contributed by atoms with Gasteiger partial charge in [-0.3, -0.25) is 0 Å².